The van der Waals surface area contributed by atoms with E-state index in [2.05, 4.69) is 4.98 Å². The lowest BCUT2D eigenvalue weighted by Crippen LogP contribution is -2.19. The third kappa shape index (κ3) is 7.07. The summed E-state index contributed by atoms with van der Waals surface area (Å²) < 4.78 is 91.9. The second kappa shape index (κ2) is 16.3. The quantitative estimate of drug-likeness (QED) is 0.102. The van der Waals surface area contributed by atoms with Crippen molar-refractivity contribution < 1.29 is 54.8 Å². The first-order valence-electron chi connectivity index (χ1n) is 17.9. The first-order chi connectivity index (χ1) is 28.8. The average Bonchev–Trinajstić information content (AvgIpc) is 3.91. The summed E-state index contributed by atoms with van der Waals surface area (Å²) in [5.41, 5.74) is -0.147. The van der Waals surface area contributed by atoms with Gasteiger partial charge in [-0.25, -0.2) is 29.8 Å². The van der Waals surface area contributed by atoms with E-state index in [1.165, 1.54) is 115 Å². The lowest BCUT2D eigenvalue weighted by molar-refractivity contribution is 0.102. The van der Waals surface area contributed by atoms with Gasteiger partial charge in [-0.3, -0.25) is 9.59 Å². The summed E-state index contributed by atoms with van der Waals surface area (Å²) in [7, 11) is -0.444. The van der Waals surface area contributed by atoms with Gasteiger partial charge in [0, 0.05) is 22.1 Å². The van der Waals surface area contributed by atoms with Crippen LogP contribution in [0.1, 0.15) is 32.1 Å². The topological polar surface area (TPSA) is 181 Å². The SMILES string of the molecule is COc1cc(C(=O)c2cn(S(=O)(=O)c3ccccc3)c(-c3ccc4c(c3)cc(C(=O)c3cc(OC)c(OC)c(OC)c3)n4S(=O)(=O)c3ccccc3)n2)cc(OC)c1OC. The number of hydrogen-bond donors (Lipinski definition) is 0. The maximum atomic E-state index is 14.5. The Bertz CT molecular complexity index is 2970. The smallest absolute Gasteiger partial charge is 0.269 e. The van der Waals surface area contributed by atoms with Crippen LogP contribution in [0.15, 0.2) is 125 Å². The van der Waals surface area contributed by atoms with Crippen molar-refractivity contribution in [3.8, 4) is 45.9 Å². The molecule has 0 aliphatic carbocycles. The van der Waals surface area contributed by atoms with Crippen molar-refractivity contribution in [2.24, 2.45) is 0 Å². The van der Waals surface area contributed by atoms with E-state index < -0.39 is 31.6 Å². The van der Waals surface area contributed by atoms with Crippen molar-refractivity contribution in [3.63, 3.8) is 0 Å². The molecule has 0 saturated heterocycles. The van der Waals surface area contributed by atoms with Gasteiger partial charge in [0.05, 0.1) is 64.2 Å². The molecule has 308 valence electrons. The Labute approximate surface area is 345 Å². The molecule has 0 aliphatic heterocycles. The van der Waals surface area contributed by atoms with Crippen molar-refractivity contribution in [2.75, 3.05) is 42.7 Å². The molecule has 7 aromatic rings. The molecule has 60 heavy (non-hydrogen) atoms. The van der Waals surface area contributed by atoms with E-state index in [-0.39, 0.29) is 89.1 Å². The van der Waals surface area contributed by atoms with Crippen LogP contribution >= 0.6 is 0 Å². The minimum absolute atomic E-state index is 0.0245. The molecule has 0 aliphatic rings. The number of benzene rings is 5. The van der Waals surface area contributed by atoms with Crippen LogP contribution in [0, 0.1) is 0 Å². The molecule has 5 aromatic carbocycles. The van der Waals surface area contributed by atoms with Crippen LogP contribution in [0.25, 0.3) is 22.3 Å². The van der Waals surface area contributed by atoms with Crippen LogP contribution in [0.3, 0.4) is 0 Å². The first-order valence-corrected chi connectivity index (χ1v) is 20.8. The zero-order valence-corrected chi connectivity index (χ0v) is 34.7. The highest BCUT2D eigenvalue weighted by Crippen LogP contribution is 2.41. The number of fused-ring (bicyclic) bond motifs is 1. The largest absolute Gasteiger partial charge is 0.493 e. The number of carbonyl (C=O) groups excluding carboxylic acids is 2. The molecular weight excluding hydrogens is 815 g/mol. The van der Waals surface area contributed by atoms with Gasteiger partial charge >= 0.3 is 0 Å². The Morgan fingerprint density at radius 2 is 1.00 bits per heavy atom. The average molecular weight is 852 g/mol. The van der Waals surface area contributed by atoms with Gasteiger partial charge in [0.1, 0.15) is 11.4 Å². The normalized spacial score (nSPS) is 11.6. The third-order valence-corrected chi connectivity index (χ3v) is 13.0. The highest BCUT2D eigenvalue weighted by atomic mass is 32.2. The minimum Gasteiger partial charge on any atom is -0.493 e. The number of carbonyl (C=O) groups is 2. The Hall–Kier alpha value is -7.11. The molecule has 2 aromatic heterocycles. The third-order valence-electron chi connectivity index (χ3n) is 9.59. The number of aromatic nitrogens is 3. The summed E-state index contributed by atoms with van der Waals surface area (Å²) in [5.74, 6) is -0.376. The van der Waals surface area contributed by atoms with E-state index in [1.807, 2.05) is 0 Å². The summed E-state index contributed by atoms with van der Waals surface area (Å²) in [6, 6.07) is 26.6. The molecule has 0 N–H and O–H groups in total. The van der Waals surface area contributed by atoms with E-state index in [0.717, 1.165) is 14.1 Å². The molecule has 15 nitrogen and oxygen atoms in total. The summed E-state index contributed by atoms with van der Waals surface area (Å²) in [5, 5.41) is 0.229. The van der Waals surface area contributed by atoms with Crippen LogP contribution in [-0.2, 0) is 20.0 Å². The van der Waals surface area contributed by atoms with Crippen LogP contribution in [0.5, 0.6) is 34.5 Å². The minimum atomic E-state index is -4.43. The van der Waals surface area contributed by atoms with E-state index in [9.17, 15) is 26.4 Å². The summed E-state index contributed by atoms with van der Waals surface area (Å²) >= 11 is 0. The molecule has 0 spiro atoms. The Morgan fingerprint density at radius 3 is 1.47 bits per heavy atom. The number of nitrogens with zero attached hydrogens (tertiary/aromatic N) is 3. The summed E-state index contributed by atoms with van der Waals surface area (Å²) in [6.07, 6.45) is 1.11. The number of ether oxygens (including phenoxy) is 6. The lowest BCUT2D eigenvalue weighted by atomic mass is 10.1. The van der Waals surface area contributed by atoms with E-state index in [4.69, 9.17) is 28.4 Å². The summed E-state index contributed by atoms with van der Waals surface area (Å²) in [4.78, 5) is 33.0. The Kier molecular flexibility index (Phi) is 11.1. The maximum Gasteiger partial charge on any atom is 0.269 e. The fourth-order valence-electron chi connectivity index (χ4n) is 6.72. The highest BCUT2D eigenvalue weighted by molar-refractivity contribution is 7.90. The fraction of sp³-hybridized carbons (Fsp3) is 0.140. The zero-order valence-electron chi connectivity index (χ0n) is 33.0. The van der Waals surface area contributed by atoms with Gasteiger partial charge < -0.3 is 28.4 Å². The molecule has 0 atom stereocenters. The zero-order chi connectivity index (χ0) is 42.9. The number of methoxy groups -OCH3 is 6. The van der Waals surface area contributed by atoms with E-state index >= 15 is 0 Å². The maximum absolute atomic E-state index is 14.5. The van der Waals surface area contributed by atoms with Gasteiger partial charge in [-0.2, -0.15) is 0 Å². The number of rotatable bonds is 15. The second-order valence-corrected chi connectivity index (χ2v) is 16.5. The molecule has 0 bridgehead atoms. The second-order valence-electron chi connectivity index (χ2n) is 12.9. The first kappa shape index (κ1) is 41.1. The van der Waals surface area contributed by atoms with Crippen molar-refractivity contribution in [1.29, 1.82) is 0 Å². The molecule has 17 heteroatoms. The molecule has 7 rings (SSSR count). The number of hydrogen-bond acceptors (Lipinski definition) is 13. The molecule has 0 saturated carbocycles. The predicted molar refractivity (Wildman–Crippen MR) is 220 cm³/mol. The number of imidazole rings is 1. The van der Waals surface area contributed by atoms with Crippen molar-refractivity contribution in [2.45, 2.75) is 9.79 Å². The van der Waals surface area contributed by atoms with Crippen LogP contribution in [0.4, 0.5) is 0 Å². The molecular formula is C43H37N3O12S2. The molecule has 0 amide bonds. The Morgan fingerprint density at radius 1 is 0.533 bits per heavy atom. The number of ketones is 2. The van der Waals surface area contributed by atoms with Gasteiger partial charge in [-0.15, -0.1) is 0 Å². The molecule has 0 unspecified atom stereocenters. The van der Waals surface area contributed by atoms with Gasteiger partial charge in [-0.05, 0) is 72.8 Å². The fourth-order valence-corrected chi connectivity index (χ4v) is 9.59. The molecule has 0 fully saturated rings. The van der Waals surface area contributed by atoms with Crippen molar-refractivity contribution in [1.82, 2.24) is 12.9 Å². The van der Waals surface area contributed by atoms with Crippen LogP contribution in [0.2, 0.25) is 0 Å². The van der Waals surface area contributed by atoms with Crippen LogP contribution < -0.4 is 28.4 Å². The monoisotopic (exact) mass is 851 g/mol. The van der Waals surface area contributed by atoms with Crippen molar-refractivity contribution >= 4 is 42.5 Å². The predicted octanol–water partition coefficient (Wildman–Crippen LogP) is 6.49. The summed E-state index contributed by atoms with van der Waals surface area (Å²) in [6.45, 7) is 0. The molecule has 0 radical (unpaired) electrons. The van der Waals surface area contributed by atoms with Gasteiger partial charge in [0.2, 0.25) is 23.1 Å². The lowest BCUT2D eigenvalue weighted by Gasteiger charge is -2.15. The van der Waals surface area contributed by atoms with Gasteiger partial charge in [0.25, 0.3) is 20.0 Å². The van der Waals surface area contributed by atoms with Gasteiger partial charge in [-0.1, -0.05) is 36.4 Å². The van der Waals surface area contributed by atoms with Gasteiger partial charge in [0.15, 0.2) is 28.8 Å². The molecule has 2 heterocycles. The Balaban J connectivity index is 1.45. The highest BCUT2D eigenvalue weighted by Gasteiger charge is 2.31. The van der Waals surface area contributed by atoms with Crippen LogP contribution in [-0.4, -0.2) is 84.0 Å². The van der Waals surface area contributed by atoms with E-state index in [1.54, 1.807) is 36.4 Å². The standard InChI is InChI=1S/C43H37N3O12S2/c1-53-35-21-28(22-36(54-2)41(35)57-5)39(47)32-25-45(59(49,50)30-13-9-7-10-14-30)43(44-32)26-17-18-33-27(19-26)20-34(46(33)60(51,52)31-15-11-8-12-16-31)40(48)29-23-37(55-3)42(58-6)38(24-29)56-4/h7-25H,1-6H3. The van der Waals surface area contributed by atoms with E-state index in [0.29, 0.717) is 0 Å². The van der Waals surface area contributed by atoms with Crippen molar-refractivity contribution in [3.05, 3.63) is 138 Å².